The van der Waals surface area contributed by atoms with Crippen LogP contribution in [0.3, 0.4) is 0 Å². The molecule has 2 atom stereocenters. The van der Waals surface area contributed by atoms with Crippen molar-refractivity contribution in [3.63, 3.8) is 0 Å². The van der Waals surface area contributed by atoms with Gasteiger partial charge in [0.05, 0.1) is 16.4 Å². The Balaban J connectivity index is 1.56. The number of allylic oxidation sites excluding steroid dienone is 4. The van der Waals surface area contributed by atoms with Gasteiger partial charge in [0.15, 0.2) is 0 Å². The quantitative estimate of drug-likeness (QED) is 0.606. The molecule has 34 heavy (non-hydrogen) atoms. The number of benzene rings is 1. The third-order valence-corrected chi connectivity index (χ3v) is 8.91. The van der Waals surface area contributed by atoms with E-state index in [9.17, 15) is 35.9 Å². The number of hydrogen-bond acceptors (Lipinski definition) is 4. The number of hydrogen-bond donors (Lipinski definition) is 1. The molecule has 0 saturated carbocycles. The molecule has 3 aliphatic rings. The first-order valence-corrected chi connectivity index (χ1v) is 12.7. The first-order valence-electron chi connectivity index (χ1n) is 11.2. The summed E-state index contributed by atoms with van der Waals surface area (Å²) in [7, 11) is -3.92. The predicted octanol–water partition coefficient (Wildman–Crippen LogP) is 4.35. The van der Waals surface area contributed by atoms with Gasteiger partial charge in [-0.1, -0.05) is 13.0 Å². The Morgan fingerprint density at radius 1 is 1.18 bits per heavy atom. The van der Waals surface area contributed by atoms with Crippen molar-refractivity contribution < 1.29 is 35.9 Å². The van der Waals surface area contributed by atoms with Crippen LogP contribution in [0.4, 0.5) is 17.6 Å². The van der Waals surface area contributed by atoms with E-state index in [1.807, 2.05) is 6.92 Å². The Bertz CT molecular complexity index is 1160. The van der Waals surface area contributed by atoms with E-state index in [0.29, 0.717) is 30.5 Å². The highest BCUT2D eigenvalue weighted by Gasteiger charge is 2.40. The van der Waals surface area contributed by atoms with Gasteiger partial charge in [-0.3, -0.25) is 4.79 Å². The van der Waals surface area contributed by atoms with Gasteiger partial charge in [0, 0.05) is 31.4 Å². The molecule has 1 aliphatic heterocycles. The van der Waals surface area contributed by atoms with E-state index in [-0.39, 0.29) is 31.0 Å². The smallest absolute Gasteiger partial charge is 0.415 e. The van der Waals surface area contributed by atoms with Gasteiger partial charge in [-0.15, -0.1) is 0 Å². The highest BCUT2D eigenvalue weighted by atomic mass is 32.2. The van der Waals surface area contributed by atoms with Crippen molar-refractivity contribution in [3.8, 4) is 0 Å². The van der Waals surface area contributed by atoms with E-state index in [1.54, 1.807) is 11.0 Å². The molecule has 11 heteroatoms. The zero-order valence-corrected chi connectivity index (χ0v) is 19.4. The summed E-state index contributed by atoms with van der Waals surface area (Å²) in [5.74, 6) is -3.00. The lowest BCUT2D eigenvalue weighted by Crippen LogP contribution is -2.54. The maximum atomic E-state index is 14.1. The average molecular weight is 503 g/mol. The van der Waals surface area contributed by atoms with E-state index >= 15 is 0 Å². The maximum absolute atomic E-state index is 14.1. The second-order valence-electron chi connectivity index (χ2n) is 8.87. The molecular weight excluding hydrogens is 476 g/mol. The molecule has 1 aromatic carbocycles. The molecule has 1 saturated heterocycles. The number of piperazine rings is 1. The maximum Gasteiger partial charge on any atom is 0.415 e. The highest BCUT2D eigenvalue weighted by molar-refractivity contribution is 7.89. The lowest BCUT2D eigenvalue weighted by molar-refractivity contribution is -0.138. The molecule has 2 aliphatic carbocycles. The molecule has 4 rings (SSSR count). The molecule has 1 aromatic rings. The molecule has 0 amide bonds. The number of fused-ring (bicyclic) bond motifs is 1. The van der Waals surface area contributed by atoms with Gasteiger partial charge in [-0.25, -0.2) is 12.8 Å². The highest BCUT2D eigenvalue weighted by Crippen LogP contribution is 2.39. The number of carboxylic acid groups (broad SMARTS) is 1. The van der Waals surface area contributed by atoms with E-state index in [4.69, 9.17) is 0 Å². The number of sulfonamides is 1. The predicted molar refractivity (Wildman–Crippen MR) is 116 cm³/mol. The van der Waals surface area contributed by atoms with Crippen molar-refractivity contribution in [2.75, 3.05) is 19.6 Å². The lowest BCUT2D eigenvalue weighted by atomic mass is 9.99. The summed E-state index contributed by atoms with van der Waals surface area (Å²) >= 11 is 0. The van der Waals surface area contributed by atoms with Crippen molar-refractivity contribution in [2.24, 2.45) is 0 Å². The van der Waals surface area contributed by atoms with Crippen molar-refractivity contribution in [1.29, 1.82) is 0 Å². The SMILES string of the molecule is CCC1CN(C2=CC(F)=C(C(F)(F)F)CC2)CCN1S(=O)(=O)c1ccc2c(c1)C(C(=O)O)CC2. The van der Waals surface area contributed by atoms with Gasteiger partial charge in [0.1, 0.15) is 5.83 Å². The fourth-order valence-electron chi connectivity index (χ4n) is 5.09. The number of carbonyl (C=O) groups is 1. The second-order valence-corrected chi connectivity index (χ2v) is 10.8. The van der Waals surface area contributed by atoms with Crippen LogP contribution in [0, 0.1) is 0 Å². The van der Waals surface area contributed by atoms with Crippen LogP contribution in [-0.4, -0.2) is 60.6 Å². The third-order valence-electron chi connectivity index (χ3n) is 6.96. The van der Waals surface area contributed by atoms with Crippen LogP contribution in [0.1, 0.15) is 49.7 Å². The van der Waals surface area contributed by atoms with Crippen molar-refractivity contribution in [1.82, 2.24) is 9.21 Å². The van der Waals surface area contributed by atoms with Gasteiger partial charge in [0.25, 0.3) is 0 Å². The minimum atomic E-state index is -4.71. The number of aryl methyl sites for hydroxylation is 1. The lowest BCUT2D eigenvalue weighted by Gasteiger charge is -2.42. The Morgan fingerprint density at radius 2 is 1.91 bits per heavy atom. The van der Waals surface area contributed by atoms with Crippen LogP contribution in [0.15, 0.2) is 46.3 Å². The molecule has 0 radical (unpaired) electrons. The van der Waals surface area contributed by atoms with Crippen LogP contribution in [0.5, 0.6) is 0 Å². The standard InChI is InChI=1S/C23H26F4N2O4S/c1-2-15-13-28(16-5-8-20(21(24)11-16)23(25,26)27)9-10-29(15)34(32,33)17-6-3-14-4-7-18(22(30)31)19(14)12-17/h3,6,11-12,15,18H,2,4-5,7-10,13H2,1H3,(H,30,31). The topological polar surface area (TPSA) is 77.9 Å². The van der Waals surface area contributed by atoms with Crippen LogP contribution in [0.25, 0.3) is 0 Å². The van der Waals surface area contributed by atoms with Gasteiger partial charge in [-0.05, 0) is 61.4 Å². The minimum absolute atomic E-state index is 0.0342. The Labute approximate surface area is 195 Å². The molecule has 2 unspecified atom stereocenters. The summed E-state index contributed by atoms with van der Waals surface area (Å²) in [4.78, 5) is 13.3. The summed E-state index contributed by atoms with van der Waals surface area (Å²) < 4.78 is 81.2. The minimum Gasteiger partial charge on any atom is -0.481 e. The summed E-state index contributed by atoms with van der Waals surface area (Å²) in [6.07, 6.45) is -2.74. The summed E-state index contributed by atoms with van der Waals surface area (Å²) in [6, 6.07) is 4.17. The molecule has 1 heterocycles. The monoisotopic (exact) mass is 502 g/mol. The number of carboxylic acids is 1. The van der Waals surface area contributed by atoms with Crippen molar-refractivity contribution in [3.05, 3.63) is 52.5 Å². The molecule has 0 aromatic heterocycles. The second kappa shape index (κ2) is 8.99. The molecule has 186 valence electrons. The molecule has 1 fully saturated rings. The fraction of sp³-hybridized carbons (Fsp3) is 0.522. The first-order chi connectivity index (χ1) is 15.9. The van der Waals surface area contributed by atoms with Crippen molar-refractivity contribution in [2.45, 2.75) is 62.1 Å². The summed E-state index contributed by atoms with van der Waals surface area (Å²) in [5, 5.41) is 9.45. The largest absolute Gasteiger partial charge is 0.481 e. The zero-order chi connectivity index (χ0) is 24.8. The molecule has 0 spiro atoms. The van der Waals surface area contributed by atoms with Crippen LogP contribution < -0.4 is 0 Å². The van der Waals surface area contributed by atoms with E-state index in [1.165, 1.54) is 16.4 Å². The van der Waals surface area contributed by atoms with Crippen molar-refractivity contribution >= 4 is 16.0 Å². The first kappa shape index (κ1) is 24.7. The number of alkyl halides is 3. The molecular formula is C23H26F4N2O4S. The van der Waals surface area contributed by atoms with E-state index in [0.717, 1.165) is 11.6 Å². The van der Waals surface area contributed by atoms with Crippen LogP contribution in [0.2, 0.25) is 0 Å². The van der Waals surface area contributed by atoms with Gasteiger partial charge >= 0.3 is 12.1 Å². The van der Waals surface area contributed by atoms with Gasteiger partial charge < -0.3 is 10.0 Å². The number of aliphatic carboxylic acids is 1. The zero-order valence-electron chi connectivity index (χ0n) is 18.6. The fourth-order valence-corrected chi connectivity index (χ4v) is 6.80. The summed E-state index contributed by atoms with van der Waals surface area (Å²) in [6.45, 7) is 2.37. The molecule has 1 N–H and O–H groups in total. The van der Waals surface area contributed by atoms with Gasteiger partial charge in [0.2, 0.25) is 10.0 Å². The average Bonchev–Trinajstić information content (AvgIpc) is 3.21. The van der Waals surface area contributed by atoms with E-state index in [2.05, 4.69) is 0 Å². The third kappa shape index (κ3) is 4.47. The molecule has 0 bridgehead atoms. The summed E-state index contributed by atoms with van der Waals surface area (Å²) in [5.41, 5.74) is 0.625. The van der Waals surface area contributed by atoms with Crippen LogP contribution >= 0.6 is 0 Å². The Hall–Kier alpha value is -2.40. The number of nitrogens with zero attached hydrogens (tertiary/aromatic N) is 2. The Morgan fingerprint density at radius 3 is 2.53 bits per heavy atom. The van der Waals surface area contributed by atoms with E-state index < -0.39 is 51.9 Å². The normalized spacial score (nSPS) is 24.3. The van der Waals surface area contributed by atoms with Gasteiger partial charge in [-0.2, -0.15) is 17.5 Å². The van der Waals surface area contributed by atoms with Crippen LogP contribution in [-0.2, 0) is 21.2 Å². The number of halogens is 4. The Kier molecular flexibility index (Phi) is 6.54. The number of rotatable bonds is 5. The molecule has 6 nitrogen and oxygen atoms in total.